The van der Waals surface area contributed by atoms with E-state index >= 15 is 0 Å². The van der Waals surface area contributed by atoms with Crippen molar-refractivity contribution in [3.63, 3.8) is 0 Å². The first kappa shape index (κ1) is 24.4. The molecule has 1 unspecified atom stereocenters. The largest absolute Gasteiger partial charge is 0.500 e. The van der Waals surface area contributed by atoms with Crippen molar-refractivity contribution in [1.82, 2.24) is 0 Å². The van der Waals surface area contributed by atoms with Crippen molar-refractivity contribution in [2.24, 2.45) is 0 Å². The van der Waals surface area contributed by atoms with Gasteiger partial charge in [-0.15, -0.1) is 0 Å². The first-order chi connectivity index (χ1) is 10.5. The zero-order chi connectivity index (χ0) is 19.4. The van der Waals surface area contributed by atoms with Gasteiger partial charge in [-0.2, -0.15) is 0 Å². The maximum atomic E-state index is 6.71. The third-order valence-electron chi connectivity index (χ3n) is 2.64. The smallest absolute Gasteiger partial charge is 0.415 e. The highest BCUT2D eigenvalue weighted by Gasteiger charge is 2.56. The lowest BCUT2D eigenvalue weighted by atomic mass is 10.4. The van der Waals surface area contributed by atoms with Crippen LogP contribution in [0.3, 0.4) is 0 Å². The molecule has 0 heterocycles. The molecule has 0 aliphatic carbocycles. The van der Waals surface area contributed by atoms with Gasteiger partial charge >= 0.3 is 8.80 Å². The summed E-state index contributed by atoms with van der Waals surface area (Å²) in [6, 6.07) is 0. The fraction of sp³-hybridized carbons (Fsp3) is 0.875. The lowest BCUT2D eigenvalue weighted by Crippen LogP contribution is -2.67. The fourth-order valence-corrected chi connectivity index (χ4v) is 16.5. The molecular formula is C16H40O4Si4. The van der Waals surface area contributed by atoms with E-state index in [4.69, 9.17) is 17.1 Å². The van der Waals surface area contributed by atoms with E-state index in [1.807, 2.05) is 6.92 Å². The van der Waals surface area contributed by atoms with Crippen LogP contribution < -0.4 is 0 Å². The van der Waals surface area contributed by atoms with Gasteiger partial charge in [0.2, 0.25) is 0 Å². The van der Waals surface area contributed by atoms with Crippen molar-refractivity contribution in [2.45, 2.75) is 84.9 Å². The molecule has 0 N–H and O–H groups in total. The van der Waals surface area contributed by atoms with Crippen molar-refractivity contribution in [1.29, 1.82) is 0 Å². The SMILES string of the molecule is C=C(C)COC(CC)[Si](O[Si](C)(C)C)(O[Si](C)(C)C)O[Si](C)(C)C. The van der Waals surface area contributed by atoms with Gasteiger partial charge in [0.15, 0.2) is 25.0 Å². The van der Waals surface area contributed by atoms with Gasteiger partial charge in [0.05, 0.1) is 6.61 Å². The standard InChI is InChI=1S/C16H40O4Si4/c1-13-16(17-14-15(2)3)24(18-21(4,5)6,19-22(7,8)9)20-23(10,11)12/h16H,2,13-14H2,1,3-12H3. The first-order valence-corrected chi connectivity index (χ1v) is 20.9. The molecular weight excluding hydrogens is 369 g/mol. The summed E-state index contributed by atoms with van der Waals surface area (Å²) in [6.45, 7) is 28.3. The van der Waals surface area contributed by atoms with Gasteiger partial charge in [0.25, 0.3) is 0 Å². The van der Waals surface area contributed by atoms with E-state index in [9.17, 15) is 0 Å². The molecule has 0 aliphatic rings. The summed E-state index contributed by atoms with van der Waals surface area (Å²) in [6.07, 6.45) is 0.818. The summed E-state index contributed by atoms with van der Waals surface area (Å²) in [4.78, 5) is 0. The molecule has 0 aromatic carbocycles. The van der Waals surface area contributed by atoms with Crippen molar-refractivity contribution in [3.05, 3.63) is 12.2 Å². The minimum atomic E-state index is -2.98. The summed E-state index contributed by atoms with van der Waals surface area (Å²) < 4.78 is 26.3. The van der Waals surface area contributed by atoms with Gasteiger partial charge in [0, 0.05) is 0 Å². The Labute approximate surface area is 154 Å². The highest BCUT2D eigenvalue weighted by molar-refractivity contribution is 6.90. The van der Waals surface area contributed by atoms with Crippen LogP contribution in [-0.2, 0) is 17.1 Å². The van der Waals surface area contributed by atoms with Crippen LogP contribution in [0.1, 0.15) is 20.3 Å². The minimum absolute atomic E-state index is 0.139. The highest BCUT2D eigenvalue weighted by atomic mass is 28.5. The molecule has 1 atom stereocenters. The molecule has 0 amide bonds. The van der Waals surface area contributed by atoms with Crippen LogP contribution in [0.25, 0.3) is 0 Å². The molecule has 0 bridgehead atoms. The van der Waals surface area contributed by atoms with E-state index in [1.54, 1.807) is 0 Å². The van der Waals surface area contributed by atoms with Crippen LogP contribution in [0.2, 0.25) is 58.9 Å². The normalized spacial score (nSPS) is 15.5. The lowest BCUT2D eigenvalue weighted by Gasteiger charge is -2.46. The molecule has 0 saturated heterocycles. The van der Waals surface area contributed by atoms with E-state index in [0.29, 0.717) is 6.61 Å². The molecule has 8 heteroatoms. The molecule has 0 fully saturated rings. The second-order valence-corrected chi connectivity index (χ2v) is 26.4. The highest BCUT2D eigenvalue weighted by Crippen LogP contribution is 2.31. The Morgan fingerprint density at radius 2 is 1.12 bits per heavy atom. The zero-order valence-corrected chi connectivity index (χ0v) is 21.8. The van der Waals surface area contributed by atoms with Gasteiger partial charge in [-0.3, -0.25) is 0 Å². The predicted octanol–water partition coefficient (Wildman–Crippen LogP) is 5.39. The fourth-order valence-electron chi connectivity index (χ4n) is 2.25. The number of hydrogen-bond acceptors (Lipinski definition) is 4. The van der Waals surface area contributed by atoms with Gasteiger partial charge in [-0.1, -0.05) is 19.1 Å². The predicted molar refractivity (Wildman–Crippen MR) is 114 cm³/mol. The average Bonchev–Trinajstić information content (AvgIpc) is 2.20. The molecule has 0 rings (SSSR count). The van der Waals surface area contributed by atoms with Gasteiger partial charge in [0.1, 0.15) is 5.73 Å². The maximum absolute atomic E-state index is 6.71. The topological polar surface area (TPSA) is 36.9 Å². The van der Waals surface area contributed by atoms with Gasteiger partial charge in [-0.25, -0.2) is 0 Å². The summed E-state index contributed by atoms with van der Waals surface area (Å²) in [5.41, 5.74) is 0.865. The van der Waals surface area contributed by atoms with E-state index < -0.39 is 33.8 Å². The van der Waals surface area contributed by atoms with E-state index in [0.717, 1.165) is 12.0 Å². The Balaban J connectivity index is 5.95. The molecule has 24 heavy (non-hydrogen) atoms. The zero-order valence-electron chi connectivity index (χ0n) is 17.8. The van der Waals surface area contributed by atoms with E-state index in [1.165, 1.54) is 0 Å². The molecule has 0 saturated carbocycles. The van der Waals surface area contributed by atoms with E-state index in [-0.39, 0.29) is 5.73 Å². The Morgan fingerprint density at radius 3 is 1.33 bits per heavy atom. The third kappa shape index (κ3) is 10.4. The molecule has 144 valence electrons. The van der Waals surface area contributed by atoms with Crippen LogP contribution in [-0.4, -0.2) is 46.1 Å². The number of ether oxygens (including phenoxy) is 1. The van der Waals surface area contributed by atoms with Crippen LogP contribution in [0.4, 0.5) is 0 Å². The Kier molecular flexibility index (Phi) is 9.06. The summed E-state index contributed by atoms with van der Waals surface area (Å²) in [7, 11) is -8.60. The van der Waals surface area contributed by atoms with Crippen LogP contribution >= 0.6 is 0 Å². The quantitative estimate of drug-likeness (QED) is 0.339. The van der Waals surface area contributed by atoms with Crippen LogP contribution in [0.15, 0.2) is 12.2 Å². The first-order valence-electron chi connectivity index (χ1n) is 8.86. The van der Waals surface area contributed by atoms with Crippen molar-refractivity contribution < 1.29 is 17.1 Å². The maximum Gasteiger partial charge on any atom is 0.500 e. The minimum Gasteiger partial charge on any atom is -0.415 e. The van der Waals surface area contributed by atoms with Crippen molar-refractivity contribution in [3.8, 4) is 0 Å². The third-order valence-corrected chi connectivity index (χ3v) is 14.8. The molecule has 0 aromatic heterocycles. The lowest BCUT2D eigenvalue weighted by molar-refractivity contribution is 0.0613. The second-order valence-electron chi connectivity index (χ2n) is 9.41. The molecule has 0 radical (unpaired) electrons. The molecule has 4 nitrogen and oxygen atoms in total. The van der Waals surface area contributed by atoms with Gasteiger partial charge < -0.3 is 17.1 Å². The molecule has 0 aromatic rings. The van der Waals surface area contributed by atoms with Crippen molar-refractivity contribution in [2.75, 3.05) is 6.61 Å². The molecule has 0 spiro atoms. The van der Waals surface area contributed by atoms with E-state index in [2.05, 4.69) is 72.4 Å². The Morgan fingerprint density at radius 1 is 0.792 bits per heavy atom. The average molecular weight is 409 g/mol. The molecule has 0 aliphatic heterocycles. The summed E-state index contributed by atoms with van der Waals surface area (Å²) in [5.74, 6) is 0. The number of hydrogen-bond donors (Lipinski definition) is 0. The summed E-state index contributed by atoms with van der Waals surface area (Å²) in [5, 5.41) is 0. The Bertz CT molecular complexity index is 367. The number of rotatable bonds is 11. The summed E-state index contributed by atoms with van der Waals surface area (Å²) >= 11 is 0. The van der Waals surface area contributed by atoms with Crippen LogP contribution in [0.5, 0.6) is 0 Å². The monoisotopic (exact) mass is 408 g/mol. The van der Waals surface area contributed by atoms with Gasteiger partial charge in [-0.05, 0) is 72.3 Å². The van der Waals surface area contributed by atoms with Crippen molar-refractivity contribution >= 4 is 33.8 Å². The Hall–Kier alpha value is 0.448. The second kappa shape index (κ2) is 8.89. The van der Waals surface area contributed by atoms with Crippen LogP contribution in [0, 0.1) is 0 Å².